The van der Waals surface area contributed by atoms with Crippen molar-refractivity contribution in [2.75, 3.05) is 0 Å². The molecule has 1 atom stereocenters. The highest BCUT2D eigenvalue weighted by Gasteiger charge is 2.41. The van der Waals surface area contributed by atoms with E-state index in [1.54, 1.807) is 6.07 Å². The van der Waals surface area contributed by atoms with Crippen molar-refractivity contribution in [2.24, 2.45) is 0 Å². The van der Waals surface area contributed by atoms with E-state index in [9.17, 15) is 18.8 Å². The molecule has 1 amide bonds. The van der Waals surface area contributed by atoms with Gasteiger partial charge in [0.15, 0.2) is 0 Å². The summed E-state index contributed by atoms with van der Waals surface area (Å²) in [7, 11) is 0. The summed E-state index contributed by atoms with van der Waals surface area (Å²) >= 11 is 5.83. The summed E-state index contributed by atoms with van der Waals surface area (Å²) in [6.45, 7) is 0. The average molecular weight is 355 g/mol. The molecule has 0 spiro atoms. The van der Waals surface area contributed by atoms with E-state index in [0.717, 1.165) is 16.7 Å². The number of carboxylic acid groups (broad SMARTS) is 2. The lowest BCUT2D eigenvalue weighted by molar-refractivity contribution is -0.150. The number of hydrogen-bond acceptors (Lipinski definition) is 5. The first-order chi connectivity index (χ1) is 10.8. The Kier molecular flexibility index (Phi) is 5.12. The van der Waals surface area contributed by atoms with Crippen LogP contribution in [0.25, 0.3) is 6.08 Å². The lowest BCUT2D eigenvalue weighted by Gasteiger charge is -2.21. The van der Waals surface area contributed by atoms with Gasteiger partial charge in [0, 0.05) is 0 Å². The minimum atomic E-state index is -1.58. The molecule has 2 N–H and O–H groups in total. The number of halogens is 1. The third-order valence-corrected chi connectivity index (χ3v) is 4.27. The van der Waals surface area contributed by atoms with Gasteiger partial charge in [-0.3, -0.25) is 14.5 Å². The lowest BCUT2D eigenvalue weighted by Crippen LogP contribution is -2.45. The minimum absolute atomic E-state index is 0.0497. The zero-order chi connectivity index (χ0) is 17.1. The van der Waals surface area contributed by atoms with E-state index in [4.69, 9.17) is 22.4 Å². The van der Waals surface area contributed by atoms with Gasteiger partial charge in [0.1, 0.15) is 16.2 Å². The van der Waals surface area contributed by atoms with Crippen molar-refractivity contribution in [3.05, 3.63) is 40.6 Å². The third-order valence-electron chi connectivity index (χ3n) is 2.93. The number of amides is 1. The summed E-state index contributed by atoms with van der Waals surface area (Å²) in [5.74, 6) is -4.02. The van der Waals surface area contributed by atoms with Crippen molar-refractivity contribution in [1.82, 2.24) is 4.90 Å². The topological polar surface area (TPSA) is 94.9 Å². The van der Waals surface area contributed by atoms with Crippen molar-refractivity contribution >= 4 is 52.2 Å². The predicted octanol–water partition coefficient (Wildman–Crippen LogP) is 1.95. The zero-order valence-corrected chi connectivity index (χ0v) is 13.1. The molecular formula is C14H10FNO5S2. The molecule has 120 valence electrons. The van der Waals surface area contributed by atoms with Gasteiger partial charge in [0.05, 0.1) is 11.3 Å². The number of carbonyl (C=O) groups excluding carboxylic acids is 1. The molecule has 23 heavy (non-hydrogen) atoms. The zero-order valence-electron chi connectivity index (χ0n) is 11.4. The highest BCUT2D eigenvalue weighted by Crippen LogP contribution is 2.34. The van der Waals surface area contributed by atoms with E-state index >= 15 is 0 Å². The van der Waals surface area contributed by atoms with E-state index in [1.165, 1.54) is 24.3 Å². The summed E-state index contributed by atoms with van der Waals surface area (Å²) < 4.78 is 13.1. The van der Waals surface area contributed by atoms with Crippen LogP contribution in [0, 0.1) is 5.82 Å². The van der Waals surface area contributed by atoms with Crippen molar-refractivity contribution < 1.29 is 29.0 Å². The van der Waals surface area contributed by atoms with Gasteiger partial charge in [-0.15, -0.1) is 0 Å². The number of benzene rings is 1. The molecular weight excluding hydrogens is 345 g/mol. The molecule has 0 aliphatic carbocycles. The molecule has 1 aliphatic heterocycles. The number of nitrogens with zero attached hydrogens (tertiary/aromatic N) is 1. The maximum Gasteiger partial charge on any atom is 0.327 e. The van der Waals surface area contributed by atoms with Crippen LogP contribution in [0.4, 0.5) is 4.39 Å². The molecule has 0 radical (unpaired) electrons. The second kappa shape index (κ2) is 6.88. The molecule has 1 saturated heterocycles. The second-order valence-electron chi connectivity index (χ2n) is 4.56. The summed E-state index contributed by atoms with van der Waals surface area (Å²) in [4.78, 5) is 35.2. The highest BCUT2D eigenvalue weighted by molar-refractivity contribution is 8.26. The molecule has 1 heterocycles. The van der Waals surface area contributed by atoms with Crippen molar-refractivity contribution in [2.45, 2.75) is 12.5 Å². The van der Waals surface area contributed by atoms with Crippen LogP contribution in [0.3, 0.4) is 0 Å². The average Bonchev–Trinajstić information content (AvgIpc) is 2.71. The predicted molar refractivity (Wildman–Crippen MR) is 85.1 cm³/mol. The van der Waals surface area contributed by atoms with Crippen molar-refractivity contribution in [1.29, 1.82) is 0 Å². The van der Waals surface area contributed by atoms with Gasteiger partial charge >= 0.3 is 11.9 Å². The Morgan fingerprint density at radius 1 is 1.39 bits per heavy atom. The van der Waals surface area contributed by atoms with Gasteiger partial charge in [-0.25, -0.2) is 9.18 Å². The van der Waals surface area contributed by atoms with Gasteiger partial charge in [-0.05, 0) is 23.8 Å². The van der Waals surface area contributed by atoms with Crippen LogP contribution in [-0.4, -0.2) is 43.3 Å². The second-order valence-corrected chi connectivity index (χ2v) is 6.23. The van der Waals surface area contributed by atoms with Crippen LogP contribution in [0.1, 0.15) is 12.0 Å². The Morgan fingerprint density at radius 2 is 2.09 bits per heavy atom. The number of thiocarbonyl (C=S) groups is 1. The Balaban J connectivity index is 2.32. The number of carboxylic acids is 2. The smallest absolute Gasteiger partial charge is 0.327 e. The van der Waals surface area contributed by atoms with Gasteiger partial charge in [0.25, 0.3) is 5.91 Å². The van der Waals surface area contributed by atoms with Crippen LogP contribution in [-0.2, 0) is 14.4 Å². The van der Waals surface area contributed by atoms with Crippen LogP contribution < -0.4 is 0 Å². The van der Waals surface area contributed by atoms with Crippen LogP contribution >= 0.6 is 24.0 Å². The molecule has 6 nitrogen and oxygen atoms in total. The number of hydrogen-bond donors (Lipinski definition) is 2. The fourth-order valence-electron chi connectivity index (χ4n) is 1.95. The Hall–Kier alpha value is -2.26. The van der Waals surface area contributed by atoms with E-state index in [1.807, 2.05) is 0 Å². The number of aliphatic carboxylic acids is 2. The van der Waals surface area contributed by atoms with E-state index in [2.05, 4.69) is 0 Å². The fourth-order valence-corrected chi connectivity index (χ4v) is 3.31. The van der Waals surface area contributed by atoms with Crippen molar-refractivity contribution in [3.8, 4) is 0 Å². The summed E-state index contributed by atoms with van der Waals surface area (Å²) in [5, 5.41) is 17.9. The molecule has 0 bridgehead atoms. The first-order valence-electron chi connectivity index (χ1n) is 6.27. The van der Waals surface area contributed by atoms with Crippen molar-refractivity contribution in [3.63, 3.8) is 0 Å². The summed E-state index contributed by atoms with van der Waals surface area (Å²) in [6, 6.07) is 3.90. The molecule has 0 aromatic heterocycles. The summed E-state index contributed by atoms with van der Waals surface area (Å²) in [5.41, 5.74) is 0.413. The Labute approximate surface area is 139 Å². The molecule has 1 aliphatic rings. The number of thioether (sulfide) groups is 1. The van der Waals surface area contributed by atoms with E-state index in [-0.39, 0.29) is 9.23 Å². The van der Waals surface area contributed by atoms with Gasteiger partial charge in [-0.1, -0.05) is 36.1 Å². The van der Waals surface area contributed by atoms with Gasteiger partial charge in [-0.2, -0.15) is 0 Å². The quantitative estimate of drug-likeness (QED) is 0.616. The maximum absolute atomic E-state index is 13.2. The summed E-state index contributed by atoms with van der Waals surface area (Å²) in [6.07, 6.45) is 0.608. The number of carbonyl (C=O) groups is 3. The SMILES string of the molecule is O=C(O)CC(C(=O)O)N1C(=O)/C(=C/c2cccc(F)c2)SC1=S. The number of rotatable bonds is 5. The van der Waals surface area contributed by atoms with Crippen LogP contribution in [0.15, 0.2) is 29.2 Å². The monoisotopic (exact) mass is 355 g/mol. The van der Waals surface area contributed by atoms with E-state index in [0.29, 0.717) is 5.56 Å². The fraction of sp³-hybridized carbons (Fsp3) is 0.143. The normalized spacial score (nSPS) is 17.6. The maximum atomic E-state index is 13.2. The standard InChI is InChI=1S/C14H10FNO5S2/c15-8-3-1-2-7(4-8)5-10-12(19)16(14(22)23-10)9(13(20)21)6-11(17)18/h1-5,9H,6H2,(H,17,18)(H,20,21)/b10-5-. The molecule has 1 aromatic rings. The highest BCUT2D eigenvalue weighted by atomic mass is 32.2. The first-order valence-corrected chi connectivity index (χ1v) is 7.49. The Morgan fingerprint density at radius 3 is 2.65 bits per heavy atom. The molecule has 9 heteroatoms. The minimum Gasteiger partial charge on any atom is -0.481 e. The largest absolute Gasteiger partial charge is 0.481 e. The van der Waals surface area contributed by atoms with Crippen LogP contribution in [0.5, 0.6) is 0 Å². The molecule has 1 unspecified atom stereocenters. The van der Waals surface area contributed by atoms with Crippen LogP contribution in [0.2, 0.25) is 0 Å². The molecule has 1 aromatic carbocycles. The Bertz CT molecular complexity index is 734. The third kappa shape index (κ3) is 3.93. The lowest BCUT2D eigenvalue weighted by atomic mass is 10.1. The molecule has 2 rings (SSSR count). The van der Waals surface area contributed by atoms with Gasteiger partial charge < -0.3 is 10.2 Å². The van der Waals surface area contributed by atoms with Gasteiger partial charge in [0.2, 0.25) is 0 Å². The van der Waals surface area contributed by atoms with E-state index < -0.39 is 36.1 Å². The molecule has 0 saturated carbocycles. The molecule has 1 fully saturated rings. The first kappa shape index (κ1) is 17.1.